The molecule has 3 N–H and O–H groups in total. The van der Waals surface area contributed by atoms with E-state index in [4.69, 9.17) is 4.74 Å². The maximum atomic E-state index is 12.5. The van der Waals surface area contributed by atoms with Crippen LogP contribution in [0, 0.1) is 0 Å². The Hall–Kier alpha value is -2.17. The molecule has 2 unspecified atom stereocenters. The van der Waals surface area contributed by atoms with Gasteiger partial charge in [-0.25, -0.2) is 9.78 Å². The highest BCUT2D eigenvalue weighted by Crippen LogP contribution is 2.32. The summed E-state index contributed by atoms with van der Waals surface area (Å²) in [6, 6.07) is 9.01. The van der Waals surface area contributed by atoms with Gasteiger partial charge in [0.15, 0.2) is 5.69 Å². The van der Waals surface area contributed by atoms with E-state index in [9.17, 15) is 28.2 Å². The first kappa shape index (κ1) is 20.1. The molecule has 0 radical (unpaired) electrons. The topological polar surface area (TPSA) is 91.7 Å². The van der Waals surface area contributed by atoms with Crippen LogP contribution in [0.4, 0.5) is 18.0 Å². The predicted octanol–water partition coefficient (Wildman–Crippen LogP) is 2.87. The second-order valence-electron chi connectivity index (χ2n) is 5.36. The summed E-state index contributed by atoms with van der Waals surface area (Å²) in [6.45, 7) is 0.0561. The largest absolute Gasteiger partial charge is 0.445 e. The van der Waals surface area contributed by atoms with Gasteiger partial charge in [-0.2, -0.15) is 13.2 Å². The van der Waals surface area contributed by atoms with Gasteiger partial charge in [-0.3, -0.25) is 0 Å². The van der Waals surface area contributed by atoms with Crippen LogP contribution in [0.1, 0.15) is 28.8 Å². The first-order valence-electron chi connectivity index (χ1n) is 7.60. The summed E-state index contributed by atoms with van der Waals surface area (Å²) in [7, 11) is 0. The molecule has 6 nitrogen and oxygen atoms in total. The van der Waals surface area contributed by atoms with Crippen molar-refractivity contribution in [1.29, 1.82) is 0 Å². The Morgan fingerprint density at radius 1 is 1.27 bits per heavy atom. The summed E-state index contributed by atoms with van der Waals surface area (Å²) in [4.78, 5) is 14.8. The van der Waals surface area contributed by atoms with Crippen LogP contribution in [-0.2, 0) is 17.5 Å². The van der Waals surface area contributed by atoms with Gasteiger partial charge in [-0.15, -0.1) is 11.3 Å². The third-order valence-corrected chi connectivity index (χ3v) is 4.27. The minimum Gasteiger partial charge on any atom is -0.445 e. The number of amides is 1. The quantitative estimate of drug-likeness (QED) is 0.676. The van der Waals surface area contributed by atoms with E-state index in [2.05, 4.69) is 10.3 Å². The van der Waals surface area contributed by atoms with Gasteiger partial charge in [0.2, 0.25) is 0 Å². The normalized spacial score (nSPS) is 13.9. The van der Waals surface area contributed by atoms with Crippen molar-refractivity contribution in [3.05, 3.63) is 52.0 Å². The lowest BCUT2D eigenvalue weighted by atomic mass is 10.1. The first-order chi connectivity index (χ1) is 12.3. The molecule has 1 aromatic carbocycles. The third kappa shape index (κ3) is 5.97. The number of alkyl carbamates (subject to hydrolysis) is 1. The molecule has 0 saturated heterocycles. The monoisotopic (exact) mass is 390 g/mol. The van der Waals surface area contributed by atoms with E-state index in [0.29, 0.717) is 11.3 Å². The number of alkyl halides is 3. The molecule has 0 bridgehead atoms. The second kappa shape index (κ2) is 8.97. The molecule has 10 heteroatoms. The minimum absolute atomic E-state index is 0.0245. The van der Waals surface area contributed by atoms with Crippen molar-refractivity contribution in [3.8, 4) is 0 Å². The Labute approximate surface area is 151 Å². The highest BCUT2D eigenvalue weighted by atomic mass is 32.1. The van der Waals surface area contributed by atoms with Gasteiger partial charge >= 0.3 is 12.3 Å². The molecule has 2 rings (SSSR count). The van der Waals surface area contributed by atoms with Gasteiger partial charge < -0.3 is 20.3 Å². The Kier molecular flexibility index (Phi) is 6.95. The molecule has 0 aliphatic carbocycles. The Bertz CT molecular complexity index is 709. The van der Waals surface area contributed by atoms with E-state index in [-0.39, 0.29) is 24.6 Å². The molecule has 142 valence electrons. The molecule has 2 aromatic rings. The molecular weight excluding hydrogens is 373 g/mol. The van der Waals surface area contributed by atoms with E-state index in [1.54, 1.807) is 24.3 Å². The van der Waals surface area contributed by atoms with Gasteiger partial charge in [0.1, 0.15) is 17.7 Å². The number of aliphatic hydroxyl groups excluding tert-OH is 2. The molecule has 0 fully saturated rings. The molecule has 0 aliphatic heterocycles. The molecule has 0 spiro atoms. The summed E-state index contributed by atoms with van der Waals surface area (Å²) in [5, 5.41) is 22.6. The zero-order chi connectivity index (χ0) is 19.2. The number of nitrogens with one attached hydrogen (secondary N) is 1. The minimum atomic E-state index is -4.61. The van der Waals surface area contributed by atoms with Gasteiger partial charge in [-0.1, -0.05) is 30.3 Å². The van der Waals surface area contributed by atoms with Crippen LogP contribution in [0.5, 0.6) is 0 Å². The smallest absolute Gasteiger partial charge is 0.434 e. The zero-order valence-corrected chi connectivity index (χ0v) is 14.3. The van der Waals surface area contributed by atoms with Crippen molar-refractivity contribution in [1.82, 2.24) is 10.3 Å². The van der Waals surface area contributed by atoms with E-state index in [1.165, 1.54) is 0 Å². The van der Waals surface area contributed by atoms with Crippen molar-refractivity contribution < 1.29 is 32.9 Å². The van der Waals surface area contributed by atoms with Crippen molar-refractivity contribution in [2.45, 2.75) is 31.4 Å². The van der Waals surface area contributed by atoms with Crippen LogP contribution in [0.25, 0.3) is 0 Å². The molecule has 2 atom stereocenters. The van der Waals surface area contributed by atoms with Gasteiger partial charge in [-0.05, 0) is 12.0 Å². The van der Waals surface area contributed by atoms with Crippen molar-refractivity contribution in [2.24, 2.45) is 0 Å². The first-order valence-corrected chi connectivity index (χ1v) is 8.48. The average Bonchev–Trinajstić information content (AvgIpc) is 3.10. The van der Waals surface area contributed by atoms with E-state index >= 15 is 0 Å². The average molecular weight is 390 g/mol. The number of benzene rings is 1. The Balaban J connectivity index is 1.73. The maximum absolute atomic E-state index is 12.5. The van der Waals surface area contributed by atoms with Gasteiger partial charge in [0.25, 0.3) is 0 Å². The third-order valence-electron chi connectivity index (χ3n) is 3.35. The summed E-state index contributed by atoms with van der Waals surface area (Å²) < 4.78 is 42.4. The number of rotatable bonds is 7. The number of aliphatic hydroxyl groups is 2. The van der Waals surface area contributed by atoms with E-state index in [0.717, 1.165) is 10.9 Å². The van der Waals surface area contributed by atoms with Crippen LogP contribution >= 0.6 is 11.3 Å². The number of carbonyl (C=O) groups is 1. The number of halogens is 3. The molecule has 26 heavy (non-hydrogen) atoms. The number of carbonyl (C=O) groups excluding carboxylic acids is 1. The van der Waals surface area contributed by atoms with E-state index < -0.39 is 30.2 Å². The zero-order valence-electron chi connectivity index (χ0n) is 13.4. The lowest BCUT2D eigenvalue weighted by Gasteiger charge is -2.16. The number of hydrogen-bond acceptors (Lipinski definition) is 6. The van der Waals surface area contributed by atoms with Crippen molar-refractivity contribution in [2.75, 3.05) is 6.54 Å². The van der Waals surface area contributed by atoms with Crippen molar-refractivity contribution in [3.63, 3.8) is 0 Å². The van der Waals surface area contributed by atoms with Gasteiger partial charge in [0.05, 0.1) is 6.10 Å². The summed E-state index contributed by atoms with van der Waals surface area (Å²) in [5.74, 6) is 0. The van der Waals surface area contributed by atoms with Crippen LogP contribution in [0.3, 0.4) is 0 Å². The van der Waals surface area contributed by atoms with Crippen LogP contribution in [-0.4, -0.2) is 33.9 Å². The fraction of sp³-hybridized carbons (Fsp3) is 0.375. The number of aromatic nitrogens is 1. The lowest BCUT2D eigenvalue weighted by Crippen LogP contribution is -2.29. The lowest BCUT2D eigenvalue weighted by molar-refractivity contribution is -0.141. The molecule has 0 saturated carbocycles. The Morgan fingerprint density at radius 3 is 2.58 bits per heavy atom. The van der Waals surface area contributed by atoms with E-state index in [1.807, 2.05) is 6.07 Å². The molecule has 1 amide bonds. The Morgan fingerprint density at radius 2 is 1.96 bits per heavy atom. The molecule has 0 aliphatic rings. The highest BCUT2D eigenvalue weighted by Gasteiger charge is 2.35. The second-order valence-corrected chi connectivity index (χ2v) is 6.25. The van der Waals surface area contributed by atoms with Crippen LogP contribution in [0.2, 0.25) is 0 Å². The molecule has 1 aromatic heterocycles. The van der Waals surface area contributed by atoms with Crippen LogP contribution in [0.15, 0.2) is 35.7 Å². The fourth-order valence-electron chi connectivity index (χ4n) is 1.97. The molecule has 1 heterocycles. The maximum Gasteiger partial charge on any atom is 0.434 e. The SMILES string of the molecule is O=C(NCCC(O)C(O)c1nc(C(F)(F)F)cs1)OCc1ccccc1. The van der Waals surface area contributed by atoms with Crippen LogP contribution < -0.4 is 5.32 Å². The summed E-state index contributed by atoms with van der Waals surface area (Å²) >= 11 is 0.605. The summed E-state index contributed by atoms with van der Waals surface area (Å²) in [6.07, 6.45) is -8.34. The number of hydrogen-bond donors (Lipinski definition) is 3. The summed E-state index contributed by atoms with van der Waals surface area (Å²) in [5.41, 5.74) is -0.311. The van der Waals surface area contributed by atoms with Gasteiger partial charge in [0, 0.05) is 11.9 Å². The fourth-order valence-corrected chi connectivity index (χ4v) is 2.84. The number of ether oxygens (including phenoxy) is 1. The molecular formula is C16H17F3N2O4S. The standard InChI is InChI=1S/C16H17F3N2O4S/c17-16(18,19)12-9-26-14(21-12)13(23)11(22)6-7-20-15(24)25-8-10-4-2-1-3-5-10/h1-5,9,11,13,22-23H,6-8H2,(H,20,24). The number of nitrogens with zero attached hydrogens (tertiary/aromatic N) is 1. The highest BCUT2D eigenvalue weighted by molar-refractivity contribution is 7.09. The van der Waals surface area contributed by atoms with Crippen molar-refractivity contribution >= 4 is 17.4 Å². The number of thiazole rings is 1. The predicted molar refractivity (Wildman–Crippen MR) is 87.3 cm³/mol.